The largest absolute Gasteiger partial charge is 0.346 e. The van der Waals surface area contributed by atoms with Crippen LogP contribution in [-0.2, 0) is 18.3 Å². The number of nitrogens with zero attached hydrogens (tertiary/aromatic N) is 4. The Bertz CT molecular complexity index is 575. The number of hydrogen-bond donors (Lipinski definition) is 1. The molecule has 0 aliphatic carbocycles. The molecule has 0 aliphatic heterocycles. The van der Waals surface area contributed by atoms with E-state index in [4.69, 9.17) is 0 Å². The second-order valence-electron chi connectivity index (χ2n) is 4.78. The fourth-order valence-corrected chi connectivity index (χ4v) is 2.07. The van der Waals surface area contributed by atoms with Crippen LogP contribution in [0.2, 0.25) is 0 Å². The topological polar surface area (TPSA) is 85.8 Å². The zero-order chi connectivity index (χ0) is 14.5. The van der Waals surface area contributed by atoms with Crippen LogP contribution in [0.3, 0.4) is 0 Å². The molecule has 7 nitrogen and oxygen atoms in total. The molecule has 2 heterocycles. The van der Waals surface area contributed by atoms with Crippen molar-refractivity contribution in [3.8, 4) is 0 Å². The number of imidazole rings is 1. The lowest BCUT2D eigenvalue weighted by Crippen LogP contribution is -2.31. The second kappa shape index (κ2) is 6.31. The molecule has 0 bridgehead atoms. The average molecular weight is 277 g/mol. The van der Waals surface area contributed by atoms with Gasteiger partial charge in [0.1, 0.15) is 17.2 Å². The highest BCUT2D eigenvalue weighted by Crippen LogP contribution is 2.16. The van der Waals surface area contributed by atoms with Crippen LogP contribution in [0.15, 0.2) is 17.0 Å². The fraction of sp³-hybridized carbons (Fsp3) is 0.538. The maximum Gasteiger partial charge on any atom is 0.226 e. The summed E-state index contributed by atoms with van der Waals surface area (Å²) in [6, 6.07) is -0.0901. The zero-order valence-electron chi connectivity index (χ0n) is 12.0. The molecule has 0 fully saturated rings. The summed E-state index contributed by atoms with van der Waals surface area (Å²) in [6.45, 7) is 3.84. The van der Waals surface area contributed by atoms with Crippen molar-refractivity contribution >= 4 is 5.91 Å². The van der Waals surface area contributed by atoms with Gasteiger partial charge in [-0.3, -0.25) is 4.79 Å². The van der Waals surface area contributed by atoms with Crippen LogP contribution in [0.5, 0.6) is 0 Å². The Kier molecular flexibility index (Phi) is 4.49. The minimum Gasteiger partial charge on any atom is -0.346 e. The summed E-state index contributed by atoms with van der Waals surface area (Å²) < 4.78 is 6.51. The van der Waals surface area contributed by atoms with E-state index in [1.807, 2.05) is 17.8 Å². The van der Waals surface area contributed by atoms with Gasteiger partial charge < -0.3 is 9.88 Å². The Morgan fingerprint density at radius 3 is 2.85 bits per heavy atom. The number of rotatable bonds is 6. The number of nitrogens with one attached hydrogen (secondary N) is 1. The number of carbonyl (C=O) groups excluding carboxylic acids is 1. The summed E-state index contributed by atoms with van der Waals surface area (Å²) >= 11 is 0. The van der Waals surface area contributed by atoms with Crippen LogP contribution in [0.25, 0.3) is 0 Å². The van der Waals surface area contributed by atoms with Crippen molar-refractivity contribution in [1.29, 1.82) is 0 Å². The molecule has 7 heteroatoms. The monoisotopic (exact) mass is 277 g/mol. The highest BCUT2D eigenvalue weighted by molar-refractivity contribution is 5.78. The van der Waals surface area contributed by atoms with Gasteiger partial charge in [-0.2, -0.15) is 0 Å². The summed E-state index contributed by atoms with van der Waals surface area (Å²) in [5.74, 6) is 0.750. The van der Waals surface area contributed by atoms with Gasteiger partial charge in [0.05, 0.1) is 12.5 Å². The van der Waals surface area contributed by atoms with Gasteiger partial charge in [0.25, 0.3) is 0 Å². The predicted octanol–water partition coefficient (Wildman–Crippen LogP) is 1.31. The summed E-state index contributed by atoms with van der Waals surface area (Å²) in [5.41, 5.74) is 1.21. The first kappa shape index (κ1) is 14.2. The fourth-order valence-electron chi connectivity index (χ4n) is 2.07. The van der Waals surface area contributed by atoms with Crippen molar-refractivity contribution in [2.45, 2.75) is 39.2 Å². The molecule has 0 aromatic carbocycles. The Balaban J connectivity index is 2.03. The van der Waals surface area contributed by atoms with Crippen LogP contribution in [0.1, 0.15) is 43.0 Å². The first-order chi connectivity index (χ1) is 9.61. The van der Waals surface area contributed by atoms with Crippen LogP contribution in [-0.4, -0.2) is 25.8 Å². The van der Waals surface area contributed by atoms with E-state index in [-0.39, 0.29) is 18.4 Å². The Morgan fingerprint density at radius 2 is 2.30 bits per heavy atom. The van der Waals surface area contributed by atoms with Crippen LogP contribution in [0, 0.1) is 6.92 Å². The van der Waals surface area contributed by atoms with Gasteiger partial charge >= 0.3 is 0 Å². The third kappa shape index (κ3) is 3.23. The molecular weight excluding hydrogens is 258 g/mol. The number of aromatic nitrogens is 4. The minimum absolute atomic E-state index is 0.0901. The molecule has 1 atom stereocenters. The van der Waals surface area contributed by atoms with Crippen LogP contribution in [0.4, 0.5) is 0 Å². The van der Waals surface area contributed by atoms with Crippen LogP contribution >= 0.6 is 0 Å². The normalized spacial score (nSPS) is 12.3. The van der Waals surface area contributed by atoms with Gasteiger partial charge in [0.15, 0.2) is 0 Å². The molecule has 108 valence electrons. The van der Waals surface area contributed by atoms with Gasteiger partial charge in [-0.05, 0) is 13.3 Å². The molecule has 20 heavy (non-hydrogen) atoms. The summed E-state index contributed by atoms with van der Waals surface area (Å²) in [5, 5.41) is 10.4. The molecule has 0 radical (unpaired) electrons. The van der Waals surface area contributed by atoms with Gasteiger partial charge in [-0.15, -0.1) is 0 Å². The van der Waals surface area contributed by atoms with Gasteiger partial charge in [-0.1, -0.05) is 23.7 Å². The molecule has 0 spiro atoms. The molecule has 2 aromatic rings. The molecule has 1 unspecified atom stereocenters. The number of hydrogen-bond acceptors (Lipinski definition) is 5. The predicted molar refractivity (Wildman–Crippen MR) is 71.7 cm³/mol. The molecule has 1 N–H and O–H groups in total. The summed E-state index contributed by atoms with van der Waals surface area (Å²) in [7, 11) is 1.92. The maximum absolute atomic E-state index is 12.1. The van der Waals surface area contributed by atoms with Crippen LogP contribution < -0.4 is 5.32 Å². The Morgan fingerprint density at radius 1 is 1.50 bits per heavy atom. The van der Waals surface area contributed by atoms with Gasteiger partial charge in [0.2, 0.25) is 5.91 Å². The van der Waals surface area contributed by atoms with Crippen molar-refractivity contribution in [3.63, 3.8) is 0 Å². The van der Waals surface area contributed by atoms with E-state index >= 15 is 0 Å². The third-order valence-corrected chi connectivity index (χ3v) is 3.16. The number of aryl methyl sites for hydroxylation is 2. The molecule has 0 saturated carbocycles. The quantitative estimate of drug-likeness (QED) is 0.860. The molecule has 0 aliphatic rings. The first-order valence-electron chi connectivity index (χ1n) is 6.66. The highest BCUT2D eigenvalue weighted by atomic mass is 16.6. The van der Waals surface area contributed by atoms with Gasteiger partial charge in [0, 0.05) is 19.4 Å². The SMILES string of the molecule is CCCC(NC(=O)Cc1nonc1C)c1nccn1C. The maximum atomic E-state index is 12.1. The summed E-state index contributed by atoms with van der Waals surface area (Å²) in [4.78, 5) is 16.4. The highest BCUT2D eigenvalue weighted by Gasteiger charge is 2.19. The van der Waals surface area contributed by atoms with E-state index in [0.29, 0.717) is 11.4 Å². The number of carbonyl (C=O) groups is 1. The van der Waals surface area contributed by atoms with E-state index in [1.165, 1.54) is 0 Å². The van der Waals surface area contributed by atoms with Gasteiger partial charge in [-0.25, -0.2) is 9.61 Å². The standard InChI is InChI=1S/C13H19N5O2/c1-4-5-10(13-14-6-7-18(13)3)15-12(19)8-11-9(2)16-20-17-11/h6-7,10H,4-5,8H2,1-3H3,(H,15,19). The van der Waals surface area contributed by atoms with Crippen molar-refractivity contribution in [2.24, 2.45) is 7.05 Å². The smallest absolute Gasteiger partial charge is 0.226 e. The lowest BCUT2D eigenvalue weighted by atomic mass is 10.1. The first-order valence-corrected chi connectivity index (χ1v) is 6.66. The average Bonchev–Trinajstić information content (AvgIpc) is 2.99. The molecule has 2 aromatic heterocycles. The molecule has 1 amide bonds. The Labute approximate surface area is 117 Å². The third-order valence-electron chi connectivity index (χ3n) is 3.16. The zero-order valence-corrected chi connectivity index (χ0v) is 12.0. The van der Waals surface area contributed by atoms with E-state index in [0.717, 1.165) is 18.7 Å². The van der Waals surface area contributed by atoms with Crippen molar-refractivity contribution < 1.29 is 9.42 Å². The molecular formula is C13H19N5O2. The summed E-state index contributed by atoms with van der Waals surface area (Å²) in [6.07, 6.45) is 5.57. The lowest BCUT2D eigenvalue weighted by Gasteiger charge is -2.17. The minimum atomic E-state index is -0.106. The second-order valence-corrected chi connectivity index (χ2v) is 4.78. The molecule has 2 rings (SSSR count). The van der Waals surface area contributed by atoms with Crippen molar-refractivity contribution in [2.75, 3.05) is 0 Å². The lowest BCUT2D eigenvalue weighted by molar-refractivity contribution is -0.121. The van der Waals surface area contributed by atoms with E-state index in [2.05, 4.69) is 32.2 Å². The molecule has 0 saturated heterocycles. The Hall–Kier alpha value is -2.18. The van der Waals surface area contributed by atoms with E-state index in [1.54, 1.807) is 13.1 Å². The van der Waals surface area contributed by atoms with E-state index in [9.17, 15) is 4.79 Å². The number of amides is 1. The van der Waals surface area contributed by atoms with E-state index < -0.39 is 0 Å². The van der Waals surface area contributed by atoms with Crippen molar-refractivity contribution in [1.82, 2.24) is 25.2 Å². The van der Waals surface area contributed by atoms with Crippen molar-refractivity contribution in [3.05, 3.63) is 29.6 Å².